The minimum atomic E-state index is -0.299. The summed E-state index contributed by atoms with van der Waals surface area (Å²) < 4.78 is 12.9. The summed E-state index contributed by atoms with van der Waals surface area (Å²) in [5.74, 6) is -0.299. The molecule has 2 radical (unpaired) electrons. The van der Waals surface area contributed by atoms with Crippen molar-refractivity contribution in [3.63, 3.8) is 0 Å². The van der Waals surface area contributed by atoms with E-state index in [9.17, 15) is 4.39 Å². The summed E-state index contributed by atoms with van der Waals surface area (Å²) in [6, 6.07) is 0. The van der Waals surface area contributed by atoms with Gasteiger partial charge in [0.05, 0.1) is 14.0 Å². The molecule has 56 valence electrons. The quantitative estimate of drug-likeness (QED) is 0.580. The Morgan fingerprint density at radius 3 is 2.73 bits per heavy atom. The lowest BCUT2D eigenvalue weighted by molar-refractivity contribution is 0.607. The number of aryl methyl sites for hydroxylation is 1. The van der Waals surface area contributed by atoms with Crippen LogP contribution >= 0.6 is 0 Å². The first-order chi connectivity index (χ1) is 5.29. The molecule has 0 fully saturated rings. The first-order valence-electron chi connectivity index (χ1n) is 3.61. The van der Waals surface area contributed by atoms with Crippen molar-refractivity contribution >= 4 is 7.85 Å². The fourth-order valence-electron chi connectivity index (χ4n) is 1.04. The van der Waals surface area contributed by atoms with Crippen LogP contribution in [0.5, 0.6) is 0 Å². The molecule has 0 aliphatic rings. The molecule has 1 aromatic rings. The van der Waals surface area contributed by atoms with E-state index in [1.807, 2.05) is 6.92 Å². The molecule has 0 amide bonds. The van der Waals surface area contributed by atoms with Crippen LogP contribution in [-0.4, -0.2) is 12.8 Å². The highest BCUT2D eigenvalue weighted by Crippen LogP contribution is 2.11. The molecule has 1 nitrogen and oxygen atoms in total. The van der Waals surface area contributed by atoms with E-state index in [1.165, 1.54) is 6.20 Å². The molecule has 0 N–H and O–H groups in total. The van der Waals surface area contributed by atoms with E-state index in [0.29, 0.717) is 5.56 Å². The molecule has 0 saturated heterocycles. The second-order valence-corrected chi connectivity index (χ2v) is 2.32. The molecule has 1 heterocycles. The second-order valence-electron chi connectivity index (χ2n) is 2.32. The summed E-state index contributed by atoms with van der Waals surface area (Å²) in [6.07, 6.45) is 3.88. The van der Waals surface area contributed by atoms with Crippen LogP contribution in [0.25, 0.3) is 0 Å². The predicted molar refractivity (Wildman–Crippen MR) is 43.0 cm³/mol. The van der Waals surface area contributed by atoms with Crippen molar-refractivity contribution in [2.45, 2.75) is 19.7 Å². The lowest BCUT2D eigenvalue weighted by Gasteiger charge is -2.04. The molecule has 0 aliphatic carbocycles. The van der Waals surface area contributed by atoms with Gasteiger partial charge in [0.1, 0.15) is 5.82 Å². The molecule has 0 unspecified atom stereocenters. The molecular weight excluding hydrogens is 140 g/mol. The van der Waals surface area contributed by atoms with Gasteiger partial charge in [-0.15, -0.1) is 0 Å². The van der Waals surface area contributed by atoms with Crippen molar-refractivity contribution in [1.29, 1.82) is 0 Å². The Hall–Kier alpha value is -0.855. The Balaban J connectivity index is 3.13. The first-order valence-corrected chi connectivity index (χ1v) is 3.61. The largest absolute Gasteiger partial charge is 0.261 e. The van der Waals surface area contributed by atoms with E-state index in [1.54, 1.807) is 6.20 Å². The number of hydrogen-bond acceptors (Lipinski definition) is 1. The lowest BCUT2D eigenvalue weighted by atomic mass is 9.93. The lowest BCUT2D eigenvalue weighted by Crippen LogP contribution is -1.98. The zero-order valence-corrected chi connectivity index (χ0v) is 6.47. The second kappa shape index (κ2) is 3.51. The van der Waals surface area contributed by atoms with Crippen LogP contribution in [0.4, 0.5) is 4.39 Å². The van der Waals surface area contributed by atoms with Gasteiger partial charge in [0, 0.05) is 6.20 Å². The van der Waals surface area contributed by atoms with Gasteiger partial charge in [-0.2, -0.15) is 0 Å². The van der Waals surface area contributed by atoms with Crippen LogP contribution in [0.15, 0.2) is 12.4 Å². The Morgan fingerprint density at radius 2 is 2.27 bits per heavy atom. The van der Waals surface area contributed by atoms with Crippen molar-refractivity contribution in [3.05, 3.63) is 29.3 Å². The van der Waals surface area contributed by atoms with Gasteiger partial charge in [-0.25, -0.2) is 4.39 Å². The average molecular weight is 149 g/mol. The van der Waals surface area contributed by atoms with Crippen molar-refractivity contribution in [2.24, 2.45) is 0 Å². The van der Waals surface area contributed by atoms with Gasteiger partial charge in [0.2, 0.25) is 0 Å². The Kier molecular flexibility index (Phi) is 2.63. The molecule has 0 bridgehead atoms. The van der Waals surface area contributed by atoms with Gasteiger partial charge in [-0.3, -0.25) is 4.98 Å². The monoisotopic (exact) mass is 149 g/mol. The van der Waals surface area contributed by atoms with Crippen molar-refractivity contribution in [2.75, 3.05) is 0 Å². The van der Waals surface area contributed by atoms with Crippen LogP contribution in [-0.2, 0) is 12.7 Å². The number of pyridine rings is 1. The third-order valence-corrected chi connectivity index (χ3v) is 1.68. The van der Waals surface area contributed by atoms with E-state index in [-0.39, 0.29) is 12.1 Å². The van der Waals surface area contributed by atoms with Gasteiger partial charge < -0.3 is 0 Å². The van der Waals surface area contributed by atoms with Gasteiger partial charge in [0.25, 0.3) is 0 Å². The average Bonchev–Trinajstić information content (AvgIpc) is 2.04. The Labute approximate surface area is 67.1 Å². The molecule has 11 heavy (non-hydrogen) atoms. The number of rotatable bonds is 2. The zero-order valence-electron chi connectivity index (χ0n) is 6.47. The standard InChI is InChI=1S/C8H9BFN/c1-2-6-4-11-5-8(10)7(6)3-9/h4-5H,2-3H2,1H3. The first kappa shape index (κ1) is 8.24. The van der Waals surface area contributed by atoms with Gasteiger partial charge in [-0.05, 0) is 17.5 Å². The third-order valence-electron chi connectivity index (χ3n) is 1.68. The normalized spacial score (nSPS) is 10.0. The smallest absolute Gasteiger partial charge is 0.144 e. The van der Waals surface area contributed by atoms with Crippen LogP contribution in [0, 0.1) is 5.82 Å². The summed E-state index contributed by atoms with van der Waals surface area (Å²) >= 11 is 0. The zero-order chi connectivity index (χ0) is 8.27. The number of hydrogen-bond donors (Lipinski definition) is 0. The van der Waals surface area contributed by atoms with E-state index >= 15 is 0 Å². The van der Waals surface area contributed by atoms with Crippen LogP contribution in [0.3, 0.4) is 0 Å². The summed E-state index contributed by atoms with van der Waals surface area (Å²) in [5.41, 5.74) is 1.48. The van der Waals surface area contributed by atoms with Crippen LogP contribution in [0.1, 0.15) is 18.1 Å². The SMILES string of the molecule is [B]Cc1c(F)cncc1CC. The summed E-state index contributed by atoms with van der Waals surface area (Å²) in [4.78, 5) is 3.73. The Bertz CT molecular complexity index is 250. The number of halogens is 1. The molecule has 0 aromatic carbocycles. The van der Waals surface area contributed by atoms with Crippen molar-refractivity contribution < 1.29 is 4.39 Å². The van der Waals surface area contributed by atoms with Gasteiger partial charge in [-0.1, -0.05) is 13.2 Å². The summed E-state index contributed by atoms with van der Waals surface area (Å²) in [5, 5.41) is 0. The fourth-order valence-corrected chi connectivity index (χ4v) is 1.04. The van der Waals surface area contributed by atoms with E-state index in [0.717, 1.165) is 12.0 Å². The fraction of sp³-hybridized carbons (Fsp3) is 0.375. The minimum absolute atomic E-state index is 0.248. The van der Waals surface area contributed by atoms with Crippen LogP contribution in [0.2, 0.25) is 0 Å². The van der Waals surface area contributed by atoms with Crippen molar-refractivity contribution in [3.8, 4) is 0 Å². The maximum Gasteiger partial charge on any atom is 0.144 e. The Morgan fingerprint density at radius 1 is 1.55 bits per heavy atom. The molecule has 0 aliphatic heterocycles. The van der Waals surface area contributed by atoms with E-state index in [4.69, 9.17) is 7.85 Å². The van der Waals surface area contributed by atoms with Gasteiger partial charge >= 0.3 is 0 Å². The highest BCUT2D eigenvalue weighted by molar-refractivity contribution is 6.08. The van der Waals surface area contributed by atoms with Crippen LogP contribution < -0.4 is 0 Å². The highest BCUT2D eigenvalue weighted by atomic mass is 19.1. The van der Waals surface area contributed by atoms with Gasteiger partial charge in [0.15, 0.2) is 0 Å². The predicted octanol–water partition coefficient (Wildman–Crippen LogP) is 1.45. The maximum atomic E-state index is 12.9. The molecule has 0 spiro atoms. The molecular formula is C8H9BFN. The molecule has 1 rings (SSSR count). The van der Waals surface area contributed by atoms with E-state index in [2.05, 4.69) is 4.98 Å². The van der Waals surface area contributed by atoms with E-state index < -0.39 is 0 Å². The highest BCUT2D eigenvalue weighted by Gasteiger charge is 2.03. The molecule has 3 heteroatoms. The molecule has 1 aromatic heterocycles. The number of aromatic nitrogens is 1. The maximum absolute atomic E-state index is 12.9. The topological polar surface area (TPSA) is 12.9 Å². The summed E-state index contributed by atoms with van der Waals surface area (Å²) in [6.45, 7) is 1.95. The third kappa shape index (κ3) is 1.59. The number of nitrogens with zero attached hydrogens (tertiary/aromatic N) is 1. The van der Waals surface area contributed by atoms with Crippen molar-refractivity contribution in [1.82, 2.24) is 4.98 Å². The molecule has 0 atom stereocenters. The molecule has 0 saturated carbocycles. The summed E-state index contributed by atoms with van der Waals surface area (Å²) in [7, 11) is 5.36. The minimum Gasteiger partial charge on any atom is -0.261 e.